The lowest BCUT2D eigenvalue weighted by molar-refractivity contribution is -0.409. The molecular formula is C18H16F9NO. The van der Waals surface area contributed by atoms with Crippen LogP contribution < -0.4 is 0 Å². The Morgan fingerprint density at radius 1 is 0.828 bits per heavy atom. The van der Waals surface area contributed by atoms with E-state index in [4.69, 9.17) is 5.26 Å². The Balaban J connectivity index is 2.40. The number of benzene rings is 1. The summed E-state index contributed by atoms with van der Waals surface area (Å²) in [6, 6.07) is 6.38. The van der Waals surface area contributed by atoms with Crippen molar-refractivity contribution in [3.8, 4) is 11.8 Å². The second kappa shape index (κ2) is 6.71. The summed E-state index contributed by atoms with van der Waals surface area (Å²) < 4.78 is 120. The molecule has 0 atom stereocenters. The second-order valence-electron chi connectivity index (χ2n) is 7.52. The highest BCUT2D eigenvalue weighted by molar-refractivity contribution is 5.32. The average Bonchev–Trinajstić information content (AvgIpc) is 2.61. The number of hydrogen-bond acceptors (Lipinski definition) is 2. The van der Waals surface area contributed by atoms with Gasteiger partial charge in [-0.25, -0.2) is 0 Å². The van der Waals surface area contributed by atoms with E-state index in [-0.39, 0.29) is 18.6 Å². The summed E-state index contributed by atoms with van der Waals surface area (Å²) >= 11 is 0. The van der Waals surface area contributed by atoms with Crippen LogP contribution in [-0.4, -0.2) is 29.1 Å². The lowest BCUT2D eigenvalue weighted by atomic mass is 9.59. The number of phenols is 1. The molecule has 0 aromatic heterocycles. The van der Waals surface area contributed by atoms with Crippen molar-refractivity contribution in [1.29, 1.82) is 5.26 Å². The molecule has 1 fully saturated rings. The smallest absolute Gasteiger partial charge is 0.460 e. The highest BCUT2D eigenvalue weighted by Crippen LogP contribution is 2.62. The zero-order valence-electron chi connectivity index (χ0n) is 14.9. The summed E-state index contributed by atoms with van der Waals surface area (Å²) in [7, 11) is 0. The molecule has 1 aliphatic carbocycles. The summed E-state index contributed by atoms with van der Waals surface area (Å²) in [5.41, 5.74) is -3.81. The van der Waals surface area contributed by atoms with Gasteiger partial charge in [0, 0.05) is 0 Å². The number of alkyl halides is 9. The molecular weight excluding hydrogens is 417 g/mol. The Hall–Kier alpha value is -2.12. The molecule has 0 heterocycles. The Morgan fingerprint density at radius 3 is 1.66 bits per heavy atom. The Labute approximate surface area is 159 Å². The van der Waals surface area contributed by atoms with Crippen molar-refractivity contribution in [3.63, 3.8) is 0 Å². The van der Waals surface area contributed by atoms with E-state index < -0.39 is 47.6 Å². The van der Waals surface area contributed by atoms with E-state index in [1.165, 1.54) is 24.3 Å². The first kappa shape index (κ1) is 23.2. The highest BCUT2D eigenvalue weighted by atomic mass is 19.4. The van der Waals surface area contributed by atoms with Crippen molar-refractivity contribution in [2.45, 2.75) is 62.0 Å². The maximum Gasteiger partial charge on any atom is 0.460 e. The lowest BCUT2D eigenvalue weighted by Crippen LogP contribution is -2.66. The van der Waals surface area contributed by atoms with Crippen LogP contribution in [0.2, 0.25) is 0 Å². The van der Waals surface area contributed by atoms with Crippen LogP contribution in [0.15, 0.2) is 24.3 Å². The molecule has 0 radical (unpaired) electrons. The highest BCUT2D eigenvalue weighted by Gasteiger charge is 2.85. The van der Waals surface area contributed by atoms with Gasteiger partial charge in [-0.15, -0.1) is 0 Å². The average molecular weight is 433 g/mol. The monoisotopic (exact) mass is 433 g/mol. The summed E-state index contributed by atoms with van der Waals surface area (Å²) in [5.74, 6) is -19.9. The van der Waals surface area contributed by atoms with Gasteiger partial charge in [-0.1, -0.05) is 19.1 Å². The number of aromatic hydroxyl groups is 1. The van der Waals surface area contributed by atoms with E-state index >= 15 is 0 Å². The summed E-state index contributed by atoms with van der Waals surface area (Å²) in [4.78, 5) is 0. The van der Waals surface area contributed by atoms with E-state index in [0.29, 0.717) is 5.56 Å². The Bertz CT molecular complexity index is 785. The minimum atomic E-state index is -7.02. The first-order valence-corrected chi connectivity index (χ1v) is 8.38. The number of rotatable bonds is 4. The molecule has 0 aliphatic heterocycles. The van der Waals surface area contributed by atoms with Crippen molar-refractivity contribution >= 4 is 0 Å². The van der Waals surface area contributed by atoms with Crippen LogP contribution in [0.3, 0.4) is 0 Å². The van der Waals surface area contributed by atoms with Crippen molar-refractivity contribution in [2.24, 2.45) is 5.41 Å². The van der Waals surface area contributed by atoms with E-state index in [2.05, 4.69) is 0 Å². The van der Waals surface area contributed by atoms with Gasteiger partial charge in [0.1, 0.15) is 11.2 Å². The molecule has 0 amide bonds. The van der Waals surface area contributed by atoms with Gasteiger partial charge in [0.2, 0.25) is 0 Å². The van der Waals surface area contributed by atoms with Gasteiger partial charge in [0.15, 0.2) is 0 Å². The van der Waals surface area contributed by atoms with E-state index in [1.54, 1.807) is 6.92 Å². The zero-order valence-corrected chi connectivity index (χ0v) is 14.9. The van der Waals surface area contributed by atoms with E-state index in [0.717, 1.165) is 6.07 Å². The topological polar surface area (TPSA) is 44.0 Å². The van der Waals surface area contributed by atoms with E-state index in [9.17, 15) is 44.6 Å². The van der Waals surface area contributed by atoms with Crippen LogP contribution in [0, 0.1) is 16.7 Å². The third-order valence-electron chi connectivity index (χ3n) is 5.73. The van der Waals surface area contributed by atoms with Gasteiger partial charge >= 0.3 is 23.9 Å². The SMILES string of the molecule is CC1(c2ccc(O)cc2)CCC(C#N)(C(F)(F)C(F)(F)C(F)(F)C(F)(F)F)CC1. The summed E-state index contributed by atoms with van der Waals surface area (Å²) in [5, 5.41) is 18.5. The number of nitrogens with zero attached hydrogens (tertiary/aromatic N) is 1. The molecule has 162 valence electrons. The molecule has 0 unspecified atom stereocenters. The first-order valence-electron chi connectivity index (χ1n) is 8.38. The Morgan fingerprint density at radius 2 is 1.28 bits per heavy atom. The predicted octanol–water partition coefficient (Wildman–Crippen LogP) is 6.20. The van der Waals surface area contributed by atoms with Gasteiger partial charge in [-0.05, 0) is 48.8 Å². The standard InChI is InChI=1S/C18H16F9NO/c1-13(11-2-4-12(29)5-3-11)6-8-14(10-28,9-7-13)15(19,20)16(21,22)17(23,24)18(25,26)27/h2-5,29H,6-9H2,1H3. The molecule has 1 aromatic rings. The van der Waals surface area contributed by atoms with Crippen LogP contribution in [0.4, 0.5) is 39.5 Å². The molecule has 11 heteroatoms. The van der Waals surface area contributed by atoms with Gasteiger partial charge in [0.25, 0.3) is 0 Å². The van der Waals surface area contributed by atoms with Gasteiger partial charge in [-0.2, -0.15) is 44.8 Å². The molecule has 0 saturated heterocycles. The fraction of sp³-hybridized carbons (Fsp3) is 0.611. The molecule has 29 heavy (non-hydrogen) atoms. The fourth-order valence-electron chi connectivity index (χ4n) is 3.55. The lowest BCUT2D eigenvalue weighted by Gasteiger charge is -2.47. The molecule has 1 aromatic carbocycles. The van der Waals surface area contributed by atoms with Crippen molar-refractivity contribution < 1.29 is 44.6 Å². The van der Waals surface area contributed by atoms with Crippen LogP contribution in [0.25, 0.3) is 0 Å². The second-order valence-corrected chi connectivity index (χ2v) is 7.52. The maximum absolute atomic E-state index is 14.5. The molecule has 0 spiro atoms. The number of phenolic OH excluding ortho intramolecular Hbond substituents is 1. The molecule has 2 nitrogen and oxygen atoms in total. The number of nitriles is 1. The fourth-order valence-corrected chi connectivity index (χ4v) is 3.55. The van der Waals surface area contributed by atoms with E-state index in [1.807, 2.05) is 0 Å². The van der Waals surface area contributed by atoms with Gasteiger partial charge in [-0.3, -0.25) is 0 Å². The van der Waals surface area contributed by atoms with Crippen molar-refractivity contribution in [2.75, 3.05) is 0 Å². The quantitative estimate of drug-likeness (QED) is 0.575. The predicted molar refractivity (Wildman–Crippen MR) is 82.9 cm³/mol. The third-order valence-corrected chi connectivity index (χ3v) is 5.73. The Kier molecular flexibility index (Phi) is 5.36. The number of halogens is 9. The third kappa shape index (κ3) is 3.30. The molecule has 1 saturated carbocycles. The van der Waals surface area contributed by atoms with Crippen molar-refractivity contribution in [3.05, 3.63) is 29.8 Å². The van der Waals surface area contributed by atoms with Crippen LogP contribution in [-0.2, 0) is 5.41 Å². The van der Waals surface area contributed by atoms with Gasteiger partial charge in [0.05, 0.1) is 6.07 Å². The normalized spacial score (nSPS) is 26.8. The summed E-state index contributed by atoms with van der Waals surface area (Å²) in [6.45, 7) is 1.56. The molecule has 0 bridgehead atoms. The van der Waals surface area contributed by atoms with Crippen molar-refractivity contribution in [1.82, 2.24) is 0 Å². The van der Waals surface area contributed by atoms with Crippen LogP contribution in [0.5, 0.6) is 5.75 Å². The van der Waals surface area contributed by atoms with Gasteiger partial charge < -0.3 is 5.11 Å². The molecule has 1 N–H and O–H groups in total. The van der Waals surface area contributed by atoms with Crippen LogP contribution in [0.1, 0.15) is 38.2 Å². The zero-order chi connectivity index (χ0) is 22.5. The number of hydrogen-bond donors (Lipinski definition) is 1. The first-order chi connectivity index (χ1) is 13.0. The molecule has 1 aliphatic rings. The maximum atomic E-state index is 14.5. The summed E-state index contributed by atoms with van der Waals surface area (Å²) in [6.07, 6.45) is -9.64. The largest absolute Gasteiger partial charge is 0.508 e. The minimum Gasteiger partial charge on any atom is -0.508 e. The minimum absolute atomic E-state index is 0.0971. The van der Waals surface area contributed by atoms with Crippen LogP contribution >= 0.6 is 0 Å². The molecule has 2 rings (SSSR count).